The molecule has 0 aliphatic rings. The van der Waals surface area contributed by atoms with E-state index in [0.29, 0.717) is 0 Å². The lowest BCUT2D eigenvalue weighted by molar-refractivity contribution is 0.300. The number of pyridine rings is 1. The first-order chi connectivity index (χ1) is 7.79. The summed E-state index contributed by atoms with van der Waals surface area (Å²) in [4.78, 5) is 4.81. The zero-order valence-corrected chi connectivity index (χ0v) is 9.25. The number of nitrogens with zero attached hydrogens (tertiary/aromatic N) is 1. The summed E-state index contributed by atoms with van der Waals surface area (Å²) < 4.78 is 12.8. The molecule has 0 atom stereocenters. The third kappa shape index (κ3) is 2.53. The van der Waals surface area contributed by atoms with Crippen molar-refractivity contribution in [2.24, 2.45) is 0 Å². The molecular weight excluding hydrogens is 225 g/mol. The van der Waals surface area contributed by atoms with Crippen molar-refractivity contribution in [1.29, 1.82) is 0 Å². The molecular formula is C12H10FNOS. The van der Waals surface area contributed by atoms with E-state index in [2.05, 4.69) is 4.98 Å². The predicted octanol–water partition coefficient (Wildman–Crippen LogP) is 3.11. The van der Waals surface area contributed by atoms with Crippen molar-refractivity contribution in [3.8, 4) is 11.1 Å². The fraction of sp³-hybridized carbons (Fsp3) is 0.0833. The average molecular weight is 235 g/mol. The van der Waals surface area contributed by atoms with Crippen molar-refractivity contribution in [3.63, 3.8) is 0 Å². The van der Waals surface area contributed by atoms with Gasteiger partial charge in [-0.25, -0.2) is 4.39 Å². The zero-order valence-electron chi connectivity index (χ0n) is 8.43. The van der Waals surface area contributed by atoms with E-state index < -0.39 is 12.4 Å². The van der Waals surface area contributed by atoms with E-state index in [9.17, 15) is 4.39 Å². The summed E-state index contributed by atoms with van der Waals surface area (Å²) in [6, 6.07) is 5.68. The van der Waals surface area contributed by atoms with Gasteiger partial charge in [0.15, 0.2) is 0 Å². The largest absolute Gasteiger partial charge is 0.389 e. The molecule has 0 fully saturated rings. The minimum atomic E-state index is -0.555. The van der Waals surface area contributed by atoms with Gasteiger partial charge in [-0.3, -0.25) is 4.98 Å². The molecule has 2 aromatic heterocycles. The van der Waals surface area contributed by atoms with Gasteiger partial charge in [0.05, 0.1) is 6.61 Å². The van der Waals surface area contributed by atoms with Crippen LogP contribution in [-0.2, 0) is 0 Å². The van der Waals surface area contributed by atoms with Crippen LogP contribution in [0.15, 0.2) is 41.8 Å². The lowest BCUT2D eigenvalue weighted by atomic mass is 10.1. The van der Waals surface area contributed by atoms with Gasteiger partial charge in [0.1, 0.15) is 5.83 Å². The maximum atomic E-state index is 12.8. The number of halogens is 1. The standard InChI is InChI=1S/C12H10FNOS/c13-11(7-15)5-12-4-10(8-16-12)9-2-1-3-14-6-9/h1-6,8,15H,7H2/b11-5+. The van der Waals surface area contributed by atoms with Crippen LogP contribution in [0.1, 0.15) is 4.88 Å². The van der Waals surface area contributed by atoms with Crippen LogP contribution in [0.4, 0.5) is 4.39 Å². The number of hydrogen-bond donors (Lipinski definition) is 1. The quantitative estimate of drug-likeness (QED) is 0.886. The molecule has 2 heterocycles. The summed E-state index contributed by atoms with van der Waals surface area (Å²) in [7, 11) is 0. The van der Waals surface area contributed by atoms with E-state index in [1.54, 1.807) is 12.4 Å². The summed E-state index contributed by atoms with van der Waals surface area (Å²) in [5, 5.41) is 10.5. The Morgan fingerprint density at radius 2 is 2.38 bits per heavy atom. The monoisotopic (exact) mass is 235 g/mol. The van der Waals surface area contributed by atoms with E-state index in [1.165, 1.54) is 17.4 Å². The molecule has 0 amide bonds. The van der Waals surface area contributed by atoms with Crippen LogP contribution in [0, 0.1) is 0 Å². The predicted molar refractivity (Wildman–Crippen MR) is 63.7 cm³/mol. The minimum absolute atomic E-state index is 0.528. The van der Waals surface area contributed by atoms with Crippen molar-refractivity contribution in [2.75, 3.05) is 6.61 Å². The zero-order chi connectivity index (χ0) is 11.4. The molecule has 0 saturated carbocycles. The molecule has 0 radical (unpaired) electrons. The molecule has 1 N–H and O–H groups in total. The SMILES string of the molecule is OC/C(F)=C\c1cc(-c2cccnc2)cs1. The van der Waals surface area contributed by atoms with E-state index in [4.69, 9.17) is 5.11 Å². The second-order valence-corrected chi connectivity index (χ2v) is 4.17. The fourth-order valence-electron chi connectivity index (χ4n) is 1.31. The van der Waals surface area contributed by atoms with Crippen molar-refractivity contribution in [1.82, 2.24) is 4.98 Å². The van der Waals surface area contributed by atoms with E-state index >= 15 is 0 Å². The molecule has 4 heteroatoms. The summed E-state index contributed by atoms with van der Waals surface area (Å²) in [6.07, 6.45) is 4.81. The molecule has 0 unspecified atom stereocenters. The number of hydrogen-bond acceptors (Lipinski definition) is 3. The summed E-state index contributed by atoms with van der Waals surface area (Å²) in [5.74, 6) is -0.528. The van der Waals surface area contributed by atoms with Gasteiger partial charge >= 0.3 is 0 Å². The van der Waals surface area contributed by atoms with Crippen LogP contribution in [0.5, 0.6) is 0 Å². The van der Waals surface area contributed by atoms with Gasteiger partial charge in [-0.05, 0) is 29.2 Å². The van der Waals surface area contributed by atoms with Crippen LogP contribution >= 0.6 is 11.3 Å². The number of rotatable bonds is 3. The van der Waals surface area contributed by atoms with Gasteiger partial charge in [-0.15, -0.1) is 11.3 Å². The second-order valence-electron chi connectivity index (χ2n) is 3.23. The normalized spacial score (nSPS) is 11.8. The first kappa shape index (κ1) is 11.0. The number of aromatic nitrogens is 1. The Hall–Kier alpha value is -1.52. The van der Waals surface area contributed by atoms with Crippen LogP contribution in [0.2, 0.25) is 0 Å². The topological polar surface area (TPSA) is 33.1 Å². The maximum Gasteiger partial charge on any atom is 0.127 e. The van der Waals surface area contributed by atoms with Crippen LogP contribution < -0.4 is 0 Å². The van der Waals surface area contributed by atoms with Gasteiger partial charge in [-0.1, -0.05) is 6.07 Å². The highest BCUT2D eigenvalue weighted by Crippen LogP contribution is 2.26. The molecule has 0 saturated heterocycles. The smallest absolute Gasteiger partial charge is 0.127 e. The van der Waals surface area contributed by atoms with Gasteiger partial charge in [-0.2, -0.15) is 0 Å². The van der Waals surface area contributed by atoms with E-state index in [1.807, 2.05) is 23.6 Å². The van der Waals surface area contributed by atoms with Crippen LogP contribution in [0.3, 0.4) is 0 Å². The lowest BCUT2D eigenvalue weighted by Gasteiger charge is -1.93. The molecule has 2 aromatic rings. The Balaban J connectivity index is 2.27. The van der Waals surface area contributed by atoms with Gasteiger partial charge in [0.2, 0.25) is 0 Å². The first-order valence-corrected chi connectivity index (χ1v) is 5.63. The molecule has 0 spiro atoms. The lowest BCUT2D eigenvalue weighted by Crippen LogP contribution is -1.79. The number of aliphatic hydroxyl groups is 1. The maximum absolute atomic E-state index is 12.8. The first-order valence-electron chi connectivity index (χ1n) is 4.75. The Kier molecular flexibility index (Phi) is 3.44. The molecule has 16 heavy (non-hydrogen) atoms. The van der Waals surface area contributed by atoms with E-state index in [0.717, 1.165) is 16.0 Å². The molecule has 2 rings (SSSR count). The summed E-state index contributed by atoms with van der Waals surface area (Å²) in [6.45, 7) is -0.555. The Bertz CT molecular complexity index is 493. The molecule has 0 aliphatic heterocycles. The Morgan fingerprint density at radius 3 is 3.06 bits per heavy atom. The minimum Gasteiger partial charge on any atom is -0.389 e. The molecule has 0 aliphatic carbocycles. The van der Waals surface area contributed by atoms with Gasteiger partial charge in [0.25, 0.3) is 0 Å². The Labute approximate surface area is 96.7 Å². The molecule has 0 aromatic carbocycles. The molecule has 82 valence electrons. The molecule has 2 nitrogen and oxygen atoms in total. The third-order valence-electron chi connectivity index (χ3n) is 2.06. The highest BCUT2D eigenvalue weighted by atomic mass is 32.1. The van der Waals surface area contributed by atoms with Crippen molar-refractivity contribution in [2.45, 2.75) is 0 Å². The second kappa shape index (κ2) is 5.01. The van der Waals surface area contributed by atoms with Crippen LogP contribution in [0.25, 0.3) is 17.2 Å². The van der Waals surface area contributed by atoms with Crippen LogP contribution in [-0.4, -0.2) is 16.7 Å². The highest BCUT2D eigenvalue weighted by molar-refractivity contribution is 7.11. The summed E-state index contributed by atoms with van der Waals surface area (Å²) >= 11 is 1.43. The molecule has 0 bridgehead atoms. The number of aliphatic hydroxyl groups excluding tert-OH is 1. The highest BCUT2D eigenvalue weighted by Gasteiger charge is 2.01. The average Bonchev–Trinajstić information content (AvgIpc) is 2.78. The van der Waals surface area contributed by atoms with Crippen molar-refractivity contribution < 1.29 is 9.50 Å². The van der Waals surface area contributed by atoms with E-state index in [-0.39, 0.29) is 0 Å². The third-order valence-corrected chi connectivity index (χ3v) is 2.94. The van der Waals surface area contributed by atoms with Crippen molar-refractivity contribution >= 4 is 17.4 Å². The van der Waals surface area contributed by atoms with Gasteiger partial charge < -0.3 is 5.11 Å². The summed E-state index contributed by atoms with van der Waals surface area (Å²) in [5.41, 5.74) is 2.01. The van der Waals surface area contributed by atoms with Gasteiger partial charge in [0, 0.05) is 22.8 Å². The number of thiophene rings is 1. The van der Waals surface area contributed by atoms with Crippen molar-refractivity contribution in [3.05, 3.63) is 46.7 Å². The fourth-order valence-corrected chi connectivity index (χ4v) is 2.17. The Morgan fingerprint density at radius 1 is 1.50 bits per heavy atom.